The van der Waals surface area contributed by atoms with E-state index in [-0.39, 0.29) is 29.9 Å². The average Bonchev–Trinajstić information content (AvgIpc) is 2.82. The summed E-state index contributed by atoms with van der Waals surface area (Å²) in [6.07, 6.45) is 1.47. The number of likely N-dealkylation sites (N-methyl/N-ethyl adjacent to an activating group) is 1. The van der Waals surface area contributed by atoms with Gasteiger partial charge in [-0.1, -0.05) is 0 Å². The van der Waals surface area contributed by atoms with Crippen LogP contribution < -0.4 is 16.0 Å². The Kier molecular flexibility index (Phi) is 5.35. The second-order valence-corrected chi connectivity index (χ2v) is 5.92. The Morgan fingerprint density at radius 2 is 1.90 bits per heavy atom. The molecule has 1 fully saturated rings. The predicted molar refractivity (Wildman–Crippen MR) is 75.1 cm³/mol. The number of carbonyl (C=O) groups is 3. The van der Waals surface area contributed by atoms with Gasteiger partial charge in [0.2, 0.25) is 11.8 Å². The molecule has 1 aliphatic heterocycles. The molecule has 20 heavy (non-hydrogen) atoms. The fourth-order valence-corrected chi connectivity index (χ4v) is 2.15. The minimum atomic E-state index is -0.417. The van der Waals surface area contributed by atoms with Gasteiger partial charge in [-0.05, 0) is 33.6 Å². The van der Waals surface area contributed by atoms with Crippen molar-refractivity contribution in [2.24, 2.45) is 0 Å². The Bertz CT molecular complexity index is 390. The van der Waals surface area contributed by atoms with Gasteiger partial charge in [0, 0.05) is 19.1 Å². The molecule has 114 valence electrons. The van der Waals surface area contributed by atoms with Crippen molar-refractivity contribution < 1.29 is 14.4 Å². The minimum Gasteiger partial charge on any atom is -0.357 e. The van der Waals surface area contributed by atoms with Gasteiger partial charge in [0.25, 0.3) is 0 Å². The summed E-state index contributed by atoms with van der Waals surface area (Å²) in [6.45, 7) is 6.03. The lowest BCUT2D eigenvalue weighted by Crippen LogP contribution is -2.51. The standard InChI is InChI=1S/C13H24N4O3/c1-13(2,3)16-12(20)15-8-10(18)17-7-5-6-9(17)11(19)14-4/h9H,5-8H2,1-4H3,(H,14,19)(H2,15,16,20)/t9-/m0/s1. The van der Waals surface area contributed by atoms with Crippen LogP contribution in [0.25, 0.3) is 0 Å². The Balaban J connectivity index is 2.46. The lowest BCUT2D eigenvalue weighted by molar-refractivity contribution is -0.137. The van der Waals surface area contributed by atoms with Crippen LogP contribution in [0, 0.1) is 0 Å². The molecule has 0 aromatic rings. The van der Waals surface area contributed by atoms with Crippen molar-refractivity contribution >= 4 is 17.8 Å². The van der Waals surface area contributed by atoms with E-state index >= 15 is 0 Å². The van der Waals surface area contributed by atoms with Gasteiger partial charge >= 0.3 is 6.03 Å². The zero-order valence-corrected chi connectivity index (χ0v) is 12.6. The number of amides is 4. The number of urea groups is 1. The SMILES string of the molecule is CNC(=O)[C@@H]1CCCN1C(=O)CNC(=O)NC(C)(C)C. The first kappa shape index (κ1) is 16.3. The summed E-state index contributed by atoms with van der Waals surface area (Å²) in [5.41, 5.74) is -0.356. The summed E-state index contributed by atoms with van der Waals surface area (Å²) in [7, 11) is 1.55. The molecule has 0 aromatic heterocycles. The molecule has 7 heteroatoms. The largest absolute Gasteiger partial charge is 0.357 e. The van der Waals surface area contributed by atoms with E-state index < -0.39 is 6.04 Å². The van der Waals surface area contributed by atoms with Gasteiger partial charge in [-0.3, -0.25) is 9.59 Å². The molecule has 3 N–H and O–H groups in total. The third kappa shape index (κ3) is 4.71. The number of hydrogen-bond donors (Lipinski definition) is 3. The number of nitrogens with zero attached hydrogens (tertiary/aromatic N) is 1. The fraction of sp³-hybridized carbons (Fsp3) is 0.769. The molecular weight excluding hydrogens is 260 g/mol. The second kappa shape index (κ2) is 6.58. The maximum atomic E-state index is 12.0. The second-order valence-electron chi connectivity index (χ2n) is 5.92. The van der Waals surface area contributed by atoms with Gasteiger partial charge < -0.3 is 20.9 Å². The molecule has 0 saturated carbocycles. The van der Waals surface area contributed by atoms with E-state index in [4.69, 9.17) is 0 Å². The van der Waals surface area contributed by atoms with E-state index in [1.165, 1.54) is 4.90 Å². The van der Waals surface area contributed by atoms with Crippen molar-refractivity contribution in [1.82, 2.24) is 20.9 Å². The van der Waals surface area contributed by atoms with E-state index in [2.05, 4.69) is 16.0 Å². The van der Waals surface area contributed by atoms with Crippen LogP contribution in [0.4, 0.5) is 4.79 Å². The number of likely N-dealkylation sites (tertiary alicyclic amines) is 1. The summed E-state index contributed by atoms with van der Waals surface area (Å²) in [4.78, 5) is 36.8. The molecule has 4 amide bonds. The molecule has 1 aliphatic rings. The molecule has 1 rings (SSSR count). The third-order valence-electron chi connectivity index (χ3n) is 3.01. The Morgan fingerprint density at radius 1 is 1.25 bits per heavy atom. The van der Waals surface area contributed by atoms with Crippen molar-refractivity contribution in [3.63, 3.8) is 0 Å². The highest BCUT2D eigenvalue weighted by molar-refractivity contribution is 5.90. The van der Waals surface area contributed by atoms with Gasteiger partial charge in [0.05, 0.1) is 6.54 Å². The molecule has 1 atom stereocenters. The summed E-state index contributed by atoms with van der Waals surface area (Å²) >= 11 is 0. The van der Waals surface area contributed by atoms with E-state index in [9.17, 15) is 14.4 Å². The van der Waals surface area contributed by atoms with Crippen molar-refractivity contribution in [1.29, 1.82) is 0 Å². The first-order valence-corrected chi connectivity index (χ1v) is 6.81. The molecule has 0 aliphatic carbocycles. The van der Waals surface area contributed by atoms with Crippen LogP contribution in [0.2, 0.25) is 0 Å². The maximum absolute atomic E-state index is 12.0. The molecule has 1 saturated heterocycles. The van der Waals surface area contributed by atoms with Gasteiger partial charge in [-0.15, -0.1) is 0 Å². The summed E-state index contributed by atoms with van der Waals surface area (Å²) < 4.78 is 0. The molecule has 0 aromatic carbocycles. The highest BCUT2D eigenvalue weighted by atomic mass is 16.2. The highest BCUT2D eigenvalue weighted by Crippen LogP contribution is 2.17. The number of nitrogens with one attached hydrogen (secondary N) is 3. The lowest BCUT2D eigenvalue weighted by Gasteiger charge is -2.24. The van der Waals surface area contributed by atoms with Crippen molar-refractivity contribution in [3.05, 3.63) is 0 Å². The Morgan fingerprint density at radius 3 is 2.45 bits per heavy atom. The summed E-state index contributed by atoms with van der Waals surface area (Å²) in [5.74, 6) is -0.393. The van der Waals surface area contributed by atoms with Crippen LogP contribution in [0.1, 0.15) is 33.6 Å². The topological polar surface area (TPSA) is 90.5 Å². The first-order chi connectivity index (χ1) is 9.24. The summed E-state index contributed by atoms with van der Waals surface area (Å²) in [5, 5.41) is 7.79. The normalized spacial score (nSPS) is 18.6. The van der Waals surface area contributed by atoms with Crippen LogP contribution in [0.15, 0.2) is 0 Å². The van der Waals surface area contributed by atoms with Crippen molar-refractivity contribution in [2.45, 2.75) is 45.2 Å². The molecule has 0 spiro atoms. The Labute approximate surface area is 119 Å². The van der Waals surface area contributed by atoms with Crippen LogP contribution in [0.5, 0.6) is 0 Å². The predicted octanol–water partition coefficient (Wildman–Crippen LogP) is -0.179. The number of carbonyl (C=O) groups excluding carboxylic acids is 3. The fourth-order valence-electron chi connectivity index (χ4n) is 2.15. The third-order valence-corrected chi connectivity index (χ3v) is 3.01. The molecule has 0 radical (unpaired) electrons. The van der Waals surface area contributed by atoms with Gasteiger partial charge in [-0.25, -0.2) is 4.79 Å². The monoisotopic (exact) mass is 284 g/mol. The zero-order chi connectivity index (χ0) is 15.3. The first-order valence-electron chi connectivity index (χ1n) is 6.81. The molecule has 0 unspecified atom stereocenters. The average molecular weight is 284 g/mol. The lowest BCUT2D eigenvalue weighted by atomic mass is 10.1. The summed E-state index contributed by atoms with van der Waals surface area (Å²) in [6, 6.07) is -0.804. The number of hydrogen-bond acceptors (Lipinski definition) is 3. The highest BCUT2D eigenvalue weighted by Gasteiger charge is 2.33. The van der Waals surface area contributed by atoms with E-state index in [1.54, 1.807) is 7.05 Å². The van der Waals surface area contributed by atoms with Crippen LogP contribution in [-0.4, -0.2) is 54.5 Å². The van der Waals surface area contributed by atoms with E-state index in [0.29, 0.717) is 13.0 Å². The van der Waals surface area contributed by atoms with Crippen LogP contribution in [-0.2, 0) is 9.59 Å². The smallest absolute Gasteiger partial charge is 0.315 e. The van der Waals surface area contributed by atoms with Gasteiger partial charge in [-0.2, -0.15) is 0 Å². The maximum Gasteiger partial charge on any atom is 0.315 e. The van der Waals surface area contributed by atoms with Crippen molar-refractivity contribution in [3.8, 4) is 0 Å². The van der Waals surface area contributed by atoms with Crippen molar-refractivity contribution in [2.75, 3.05) is 20.1 Å². The molecule has 0 bridgehead atoms. The molecule has 1 heterocycles. The Hall–Kier alpha value is -1.79. The van der Waals surface area contributed by atoms with E-state index in [1.807, 2.05) is 20.8 Å². The number of rotatable bonds is 3. The molecule has 7 nitrogen and oxygen atoms in total. The van der Waals surface area contributed by atoms with Crippen LogP contribution >= 0.6 is 0 Å². The van der Waals surface area contributed by atoms with Gasteiger partial charge in [0.1, 0.15) is 6.04 Å². The van der Waals surface area contributed by atoms with Crippen LogP contribution in [0.3, 0.4) is 0 Å². The van der Waals surface area contributed by atoms with E-state index in [0.717, 1.165) is 6.42 Å². The minimum absolute atomic E-state index is 0.102. The zero-order valence-electron chi connectivity index (χ0n) is 12.6. The quantitative estimate of drug-likeness (QED) is 0.671. The molecular formula is C13H24N4O3. The van der Waals surface area contributed by atoms with Gasteiger partial charge in [0.15, 0.2) is 0 Å².